The third kappa shape index (κ3) is 3.57. The Labute approximate surface area is 121 Å². The van der Waals surface area contributed by atoms with E-state index >= 15 is 0 Å². The minimum atomic E-state index is -1.13. The number of benzene rings is 1. The van der Waals surface area contributed by atoms with Crippen LogP contribution in [0, 0.1) is 12.7 Å². The third-order valence-corrected chi connectivity index (χ3v) is 3.94. The Kier molecular flexibility index (Phi) is 4.39. The van der Waals surface area contributed by atoms with E-state index in [1.807, 2.05) is 6.92 Å². The fraction of sp³-hybridized carbons (Fsp3) is 0.267. The first-order valence-corrected chi connectivity index (χ1v) is 7.12. The maximum absolute atomic E-state index is 13.8. The number of carbonyl (C=O) groups is 1. The lowest BCUT2D eigenvalue weighted by molar-refractivity contribution is 0.0696. The van der Waals surface area contributed by atoms with Crippen LogP contribution in [-0.2, 0) is 6.42 Å². The van der Waals surface area contributed by atoms with Gasteiger partial charge in [-0.3, -0.25) is 0 Å². The van der Waals surface area contributed by atoms with Gasteiger partial charge in [0.15, 0.2) is 0 Å². The van der Waals surface area contributed by atoms with Gasteiger partial charge in [-0.2, -0.15) is 0 Å². The predicted molar refractivity (Wildman–Crippen MR) is 79.2 cm³/mol. The van der Waals surface area contributed by atoms with Gasteiger partial charge in [-0.1, -0.05) is 0 Å². The number of carboxylic acids is 1. The van der Waals surface area contributed by atoms with Gasteiger partial charge in [0.2, 0.25) is 0 Å². The lowest BCUT2D eigenvalue weighted by Gasteiger charge is -2.15. The molecule has 2 aromatic rings. The molecule has 1 unspecified atom stereocenters. The molecule has 0 fully saturated rings. The van der Waals surface area contributed by atoms with Gasteiger partial charge in [-0.25, -0.2) is 9.18 Å². The van der Waals surface area contributed by atoms with Crippen molar-refractivity contribution in [2.75, 3.05) is 5.32 Å². The summed E-state index contributed by atoms with van der Waals surface area (Å²) < 4.78 is 13.8. The molecule has 0 radical (unpaired) electrons. The van der Waals surface area contributed by atoms with Crippen LogP contribution in [0.1, 0.15) is 27.0 Å². The Balaban J connectivity index is 2.04. The molecular weight excluding hydrogens is 277 g/mol. The summed E-state index contributed by atoms with van der Waals surface area (Å²) in [6, 6.07) is 8.10. The van der Waals surface area contributed by atoms with E-state index in [4.69, 9.17) is 5.11 Å². The molecule has 0 saturated carbocycles. The zero-order chi connectivity index (χ0) is 14.7. The Morgan fingerprint density at radius 1 is 1.40 bits per heavy atom. The number of nitrogens with one attached hydrogen (secondary N) is 1. The number of carboxylic acid groups (broad SMARTS) is 1. The Bertz CT molecular complexity index is 624. The summed E-state index contributed by atoms with van der Waals surface area (Å²) in [7, 11) is 0. The van der Waals surface area contributed by atoms with E-state index in [2.05, 4.69) is 24.4 Å². The predicted octanol–water partition coefficient (Wildman–Crippen LogP) is 3.94. The standard InChI is InChI=1S/C15H16FNO2S/c1-9(7-12-5-3-10(2)20-12)17-14-6-4-11(15(18)19)8-13(14)16/h3-6,8-9,17H,7H2,1-2H3,(H,18,19). The zero-order valence-corrected chi connectivity index (χ0v) is 12.1. The summed E-state index contributed by atoms with van der Waals surface area (Å²) in [5, 5.41) is 11.9. The normalized spacial score (nSPS) is 12.2. The molecule has 0 aliphatic heterocycles. The van der Waals surface area contributed by atoms with Gasteiger partial charge < -0.3 is 10.4 Å². The molecule has 0 amide bonds. The van der Waals surface area contributed by atoms with Crippen LogP contribution >= 0.6 is 11.3 Å². The van der Waals surface area contributed by atoms with Crippen molar-refractivity contribution in [1.29, 1.82) is 0 Å². The third-order valence-electron chi connectivity index (χ3n) is 2.92. The number of rotatable bonds is 5. The Hall–Kier alpha value is -1.88. The molecule has 0 spiro atoms. The highest BCUT2D eigenvalue weighted by molar-refractivity contribution is 7.11. The summed E-state index contributed by atoms with van der Waals surface area (Å²) in [5.41, 5.74) is 0.283. The number of hydrogen-bond donors (Lipinski definition) is 2. The second-order valence-corrected chi connectivity index (χ2v) is 6.13. The smallest absolute Gasteiger partial charge is 0.335 e. The van der Waals surface area contributed by atoms with Crippen molar-refractivity contribution in [2.45, 2.75) is 26.3 Å². The van der Waals surface area contributed by atoms with Crippen LogP contribution in [0.3, 0.4) is 0 Å². The first-order valence-electron chi connectivity index (χ1n) is 6.30. The molecule has 0 saturated heterocycles. The molecule has 1 aromatic carbocycles. The average Bonchev–Trinajstić information content (AvgIpc) is 2.77. The van der Waals surface area contributed by atoms with Crippen molar-refractivity contribution in [2.24, 2.45) is 0 Å². The highest BCUT2D eigenvalue weighted by Crippen LogP contribution is 2.20. The summed E-state index contributed by atoms with van der Waals surface area (Å²) in [6.45, 7) is 4.02. The number of halogens is 1. The lowest BCUT2D eigenvalue weighted by Crippen LogP contribution is -2.18. The van der Waals surface area contributed by atoms with Gasteiger partial charge in [0, 0.05) is 22.2 Å². The van der Waals surface area contributed by atoms with Crippen LogP contribution in [0.4, 0.5) is 10.1 Å². The first kappa shape index (κ1) is 14.5. The minimum Gasteiger partial charge on any atom is -0.478 e. The molecule has 20 heavy (non-hydrogen) atoms. The van der Waals surface area contributed by atoms with E-state index in [0.717, 1.165) is 12.5 Å². The van der Waals surface area contributed by atoms with Crippen molar-refractivity contribution >= 4 is 23.0 Å². The number of hydrogen-bond acceptors (Lipinski definition) is 3. The molecule has 1 heterocycles. The maximum atomic E-state index is 13.8. The van der Waals surface area contributed by atoms with Gasteiger partial charge in [0.05, 0.1) is 11.3 Å². The SMILES string of the molecule is Cc1ccc(CC(C)Nc2ccc(C(=O)O)cc2F)s1. The van der Waals surface area contributed by atoms with Crippen LogP contribution in [0.5, 0.6) is 0 Å². The van der Waals surface area contributed by atoms with Crippen LogP contribution in [0.25, 0.3) is 0 Å². The highest BCUT2D eigenvalue weighted by atomic mass is 32.1. The summed E-state index contributed by atoms with van der Waals surface area (Å²) in [4.78, 5) is 13.2. The van der Waals surface area contributed by atoms with Crippen molar-refractivity contribution in [3.63, 3.8) is 0 Å². The van der Waals surface area contributed by atoms with E-state index in [9.17, 15) is 9.18 Å². The Morgan fingerprint density at radius 3 is 2.70 bits per heavy atom. The number of thiophene rings is 1. The second-order valence-electron chi connectivity index (χ2n) is 4.76. The van der Waals surface area contributed by atoms with Crippen molar-refractivity contribution in [3.8, 4) is 0 Å². The molecule has 1 atom stereocenters. The van der Waals surface area contributed by atoms with Gasteiger partial charge in [-0.15, -0.1) is 11.3 Å². The van der Waals surface area contributed by atoms with Gasteiger partial charge in [0.1, 0.15) is 5.82 Å². The van der Waals surface area contributed by atoms with Crippen LogP contribution in [0.2, 0.25) is 0 Å². The Morgan fingerprint density at radius 2 is 2.15 bits per heavy atom. The van der Waals surface area contributed by atoms with Gasteiger partial charge >= 0.3 is 5.97 Å². The van der Waals surface area contributed by atoms with E-state index in [1.165, 1.54) is 21.9 Å². The maximum Gasteiger partial charge on any atom is 0.335 e. The zero-order valence-electron chi connectivity index (χ0n) is 11.3. The van der Waals surface area contributed by atoms with Crippen molar-refractivity contribution in [3.05, 3.63) is 51.5 Å². The molecule has 5 heteroatoms. The molecule has 1 aromatic heterocycles. The topological polar surface area (TPSA) is 49.3 Å². The molecule has 2 rings (SSSR count). The number of anilines is 1. The van der Waals surface area contributed by atoms with Gasteiger partial charge in [-0.05, 0) is 44.2 Å². The fourth-order valence-electron chi connectivity index (χ4n) is 1.98. The van der Waals surface area contributed by atoms with Crippen LogP contribution in [-0.4, -0.2) is 17.1 Å². The van der Waals surface area contributed by atoms with Crippen LogP contribution < -0.4 is 5.32 Å². The average molecular weight is 293 g/mol. The summed E-state index contributed by atoms with van der Waals surface area (Å²) in [6.07, 6.45) is 0.804. The van der Waals surface area contributed by atoms with E-state index < -0.39 is 11.8 Å². The largest absolute Gasteiger partial charge is 0.478 e. The molecule has 0 bridgehead atoms. The number of aromatic carboxylic acids is 1. The van der Waals surface area contributed by atoms with E-state index in [0.29, 0.717) is 5.69 Å². The fourth-order valence-corrected chi connectivity index (χ4v) is 3.00. The second kappa shape index (κ2) is 6.05. The molecule has 106 valence electrons. The molecular formula is C15H16FNO2S. The molecule has 2 N–H and O–H groups in total. The monoisotopic (exact) mass is 293 g/mol. The minimum absolute atomic E-state index is 0.0467. The van der Waals surface area contributed by atoms with E-state index in [1.54, 1.807) is 11.3 Å². The van der Waals surface area contributed by atoms with Crippen LogP contribution in [0.15, 0.2) is 30.3 Å². The van der Waals surface area contributed by atoms with Gasteiger partial charge in [0.25, 0.3) is 0 Å². The summed E-state index contributed by atoms with van der Waals surface area (Å²) in [5.74, 6) is -1.67. The highest BCUT2D eigenvalue weighted by Gasteiger charge is 2.11. The molecule has 3 nitrogen and oxygen atoms in total. The van der Waals surface area contributed by atoms with E-state index in [-0.39, 0.29) is 11.6 Å². The number of aryl methyl sites for hydroxylation is 1. The quantitative estimate of drug-likeness (QED) is 0.878. The first-order chi connectivity index (χ1) is 9.45. The summed E-state index contributed by atoms with van der Waals surface area (Å²) >= 11 is 1.73. The molecule has 0 aliphatic carbocycles. The van der Waals surface area contributed by atoms with Crippen molar-refractivity contribution in [1.82, 2.24) is 0 Å². The van der Waals surface area contributed by atoms with Crippen molar-refractivity contribution < 1.29 is 14.3 Å². The molecule has 0 aliphatic rings. The lowest BCUT2D eigenvalue weighted by atomic mass is 10.1.